The van der Waals surface area contributed by atoms with Gasteiger partial charge < -0.3 is 0 Å². The Balaban J connectivity index is 2.20. The van der Waals surface area contributed by atoms with Gasteiger partial charge in [0.25, 0.3) is 0 Å². The number of benzene rings is 1. The summed E-state index contributed by atoms with van der Waals surface area (Å²) in [4.78, 5) is 11.7. The molecule has 2 rings (SSSR count). The molecule has 1 heterocycles. The highest BCUT2D eigenvalue weighted by molar-refractivity contribution is 5.15. The summed E-state index contributed by atoms with van der Waals surface area (Å²) in [6.45, 7) is 2.72. The number of hydrogen-bond acceptors (Lipinski definition) is 2. The van der Waals surface area contributed by atoms with E-state index in [-0.39, 0.29) is 5.69 Å². The zero-order chi connectivity index (χ0) is 12.1. The molecule has 0 saturated heterocycles. The van der Waals surface area contributed by atoms with E-state index in [4.69, 9.17) is 0 Å². The van der Waals surface area contributed by atoms with Gasteiger partial charge in [-0.25, -0.2) is 9.89 Å². The van der Waals surface area contributed by atoms with E-state index in [1.54, 1.807) is 4.57 Å². The summed E-state index contributed by atoms with van der Waals surface area (Å²) in [5.41, 5.74) is 0.994. The fourth-order valence-corrected chi connectivity index (χ4v) is 1.81. The van der Waals surface area contributed by atoms with Crippen molar-refractivity contribution in [3.63, 3.8) is 0 Å². The number of rotatable bonds is 5. The van der Waals surface area contributed by atoms with Gasteiger partial charge in [0.1, 0.15) is 5.82 Å². The van der Waals surface area contributed by atoms with Crippen molar-refractivity contribution in [2.45, 2.75) is 32.7 Å². The molecule has 4 heteroatoms. The third-order valence-electron chi connectivity index (χ3n) is 2.77. The monoisotopic (exact) mass is 231 g/mol. The number of aromatic nitrogens is 3. The number of nitrogens with zero attached hydrogens (tertiary/aromatic N) is 2. The van der Waals surface area contributed by atoms with Gasteiger partial charge in [-0.2, -0.15) is 5.10 Å². The molecular formula is C13H17N3O. The van der Waals surface area contributed by atoms with E-state index in [0.717, 1.165) is 30.7 Å². The molecule has 1 N–H and O–H groups in total. The van der Waals surface area contributed by atoms with E-state index in [2.05, 4.69) is 17.1 Å². The SMILES string of the molecule is CCCCc1n[nH]c(=O)n1Cc1ccccc1. The maximum atomic E-state index is 11.7. The van der Waals surface area contributed by atoms with Gasteiger partial charge in [-0.3, -0.25) is 4.57 Å². The van der Waals surface area contributed by atoms with Crippen LogP contribution in [0.2, 0.25) is 0 Å². The van der Waals surface area contributed by atoms with Crippen LogP contribution in [-0.4, -0.2) is 14.8 Å². The largest absolute Gasteiger partial charge is 0.343 e. The minimum Gasteiger partial charge on any atom is -0.275 e. The summed E-state index contributed by atoms with van der Waals surface area (Å²) >= 11 is 0. The van der Waals surface area contributed by atoms with Crippen LogP contribution in [0, 0.1) is 0 Å². The lowest BCUT2D eigenvalue weighted by Gasteiger charge is -2.05. The van der Waals surface area contributed by atoms with Gasteiger partial charge in [0, 0.05) is 6.42 Å². The predicted molar refractivity (Wildman–Crippen MR) is 67.0 cm³/mol. The lowest BCUT2D eigenvalue weighted by Crippen LogP contribution is -2.19. The Morgan fingerprint density at radius 1 is 1.29 bits per heavy atom. The number of nitrogens with one attached hydrogen (secondary N) is 1. The molecule has 0 spiro atoms. The molecular weight excluding hydrogens is 214 g/mol. The summed E-state index contributed by atoms with van der Waals surface area (Å²) < 4.78 is 1.71. The zero-order valence-electron chi connectivity index (χ0n) is 10.0. The quantitative estimate of drug-likeness (QED) is 0.855. The topological polar surface area (TPSA) is 50.7 Å². The second-order valence-electron chi connectivity index (χ2n) is 4.12. The average Bonchev–Trinajstić information content (AvgIpc) is 2.70. The normalized spacial score (nSPS) is 10.6. The molecule has 0 atom stereocenters. The van der Waals surface area contributed by atoms with Crippen LogP contribution in [0.5, 0.6) is 0 Å². The van der Waals surface area contributed by atoms with Gasteiger partial charge in [0.2, 0.25) is 0 Å². The highest BCUT2D eigenvalue weighted by atomic mass is 16.1. The van der Waals surface area contributed by atoms with Crippen LogP contribution in [0.15, 0.2) is 35.1 Å². The Labute approximate surface area is 100 Å². The van der Waals surface area contributed by atoms with Gasteiger partial charge in [-0.15, -0.1) is 0 Å². The van der Waals surface area contributed by atoms with Crippen molar-refractivity contribution in [1.29, 1.82) is 0 Å². The molecule has 90 valence electrons. The maximum absolute atomic E-state index is 11.7. The number of aryl methyl sites for hydroxylation is 1. The summed E-state index contributed by atoms with van der Waals surface area (Å²) in [5.74, 6) is 0.848. The predicted octanol–water partition coefficient (Wildman–Crippen LogP) is 1.96. The summed E-state index contributed by atoms with van der Waals surface area (Å²) in [7, 11) is 0. The average molecular weight is 231 g/mol. The summed E-state index contributed by atoms with van der Waals surface area (Å²) in [6, 6.07) is 9.96. The van der Waals surface area contributed by atoms with Gasteiger partial charge in [-0.1, -0.05) is 43.7 Å². The lowest BCUT2D eigenvalue weighted by atomic mass is 10.2. The molecule has 17 heavy (non-hydrogen) atoms. The Morgan fingerprint density at radius 2 is 2.06 bits per heavy atom. The maximum Gasteiger partial charge on any atom is 0.343 e. The molecule has 0 amide bonds. The van der Waals surface area contributed by atoms with Crippen LogP contribution in [0.4, 0.5) is 0 Å². The third kappa shape index (κ3) is 2.84. The molecule has 0 radical (unpaired) electrons. The smallest absolute Gasteiger partial charge is 0.275 e. The first-order valence-corrected chi connectivity index (χ1v) is 5.99. The molecule has 4 nitrogen and oxygen atoms in total. The summed E-state index contributed by atoms with van der Waals surface area (Å²) in [6.07, 6.45) is 3.01. The van der Waals surface area contributed by atoms with Crippen molar-refractivity contribution in [3.05, 3.63) is 52.2 Å². The standard InChI is InChI=1S/C13H17N3O/c1-2-3-9-12-14-15-13(17)16(12)10-11-7-5-4-6-8-11/h4-8H,2-3,9-10H2,1H3,(H,15,17). The van der Waals surface area contributed by atoms with Crippen LogP contribution in [0.3, 0.4) is 0 Å². The Hall–Kier alpha value is -1.84. The Kier molecular flexibility index (Phi) is 3.75. The van der Waals surface area contributed by atoms with Gasteiger partial charge >= 0.3 is 5.69 Å². The van der Waals surface area contributed by atoms with E-state index >= 15 is 0 Å². The number of aromatic amines is 1. The number of H-pyrrole nitrogens is 1. The van der Waals surface area contributed by atoms with Gasteiger partial charge in [0.15, 0.2) is 0 Å². The van der Waals surface area contributed by atoms with Crippen LogP contribution < -0.4 is 5.69 Å². The lowest BCUT2D eigenvalue weighted by molar-refractivity contribution is 0.666. The Bertz CT molecular complexity index is 513. The van der Waals surface area contributed by atoms with Crippen molar-refractivity contribution in [2.75, 3.05) is 0 Å². The minimum atomic E-state index is -0.125. The molecule has 0 bridgehead atoms. The number of hydrogen-bond donors (Lipinski definition) is 1. The molecule has 0 saturated carbocycles. The van der Waals surface area contributed by atoms with Crippen molar-refractivity contribution in [3.8, 4) is 0 Å². The van der Waals surface area contributed by atoms with Crippen molar-refractivity contribution in [2.24, 2.45) is 0 Å². The molecule has 0 aliphatic rings. The molecule has 1 aromatic carbocycles. The van der Waals surface area contributed by atoms with Gasteiger partial charge in [0.05, 0.1) is 6.54 Å². The molecule has 0 aliphatic heterocycles. The van der Waals surface area contributed by atoms with Crippen molar-refractivity contribution in [1.82, 2.24) is 14.8 Å². The third-order valence-corrected chi connectivity index (χ3v) is 2.77. The molecule has 0 unspecified atom stereocenters. The van der Waals surface area contributed by atoms with Crippen LogP contribution in [0.1, 0.15) is 31.2 Å². The molecule has 0 fully saturated rings. The van der Waals surface area contributed by atoms with E-state index in [0.29, 0.717) is 6.54 Å². The first-order chi connectivity index (χ1) is 8.31. The molecule has 0 aliphatic carbocycles. The fourth-order valence-electron chi connectivity index (χ4n) is 1.81. The van der Waals surface area contributed by atoms with E-state index in [1.807, 2.05) is 30.3 Å². The molecule has 1 aromatic heterocycles. The van der Waals surface area contributed by atoms with E-state index in [9.17, 15) is 4.79 Å². The second kappa shape index (κ2) is 5.48. The minimum absolute atomic E-state index is 0.125. The zero-order valence-corrected chi connectivity index (χ0v) is 10.0. The first-order valence-electron chi connectivity index (χ1n) is 5.99. The van der Waals surface area contributed by atoms with Crippen LogP contribution in [0.25, 0.3) is 0 Å². The highest BCUT2D eigenvalue weighted by Gasteiger charge is 2.07. The van der Waals surface area contributed by atoms with Gasteiger partial charge in [-0.05, 0) is 12.0 Å². The van der Waals surface area contributed by atoms with Crippen LogP contribution >= 0.6 is 0 Å². The summed E-state index contributed by atoms with van der Waals surface area (Å²) in [5, 5.41) is 6.60. The highest BCUT2D eigenvalue weighted by Crippen LogP contribution is 2.04. The fraction of sp³-hybridized carbons (Fsp3) is 0.385. The molecule has 2 aromatic rings. The van der Waals surface area contributed by atoms with E-state index < -0.39 is 0 Å². The van der Waals surface area contributed by atoms with Crippen molar-refractivity contribution < 1.29 is 0 Å². The first kappa shape index (κ1) is 11.6. The number of unbranched alkanes of at least 4 members (excludes halogenated alkanes) is 1. The Morgan fingerprint density at radius 3 is 2.76 bits per heavy atom. The van der Waals surface area contributed by atoms with Crippen molar-refractivity contribution >= 4 is 0 Å². The second-order valence-corrected chi connectivity index (χ2v) is 4.12. The van der Waals surface area contributed by atoms with Crippen LogP contribution in [-0.2, 0) is 13.0 Å². The van der Waals surface area contributed by atoms with E-state index in [1.165, 1.54) is 0 Å².